The lowest BCUT2D eigenvalue weighted by atomic mass is 9.64. The Labute approximate surface area is 152 Å². The van der Waals surface area contributed by atoms with Gasteiger partial charge in [-0.05, 0) is 68.6 Å². The zero-order valence-electron chi connectivity index (χ0n) is 15.8. The van der Waals surface area contributed by atoms with Gasteiger partial charge in [0.15, 0.2) is 0 Å². The fraction of sp³-hybridized carbons (Fsp3) is 0.905. The normalized spacial score (nSPS) is 29.0. The first-order chi connectivity index (χ1) is 12.1. The summed E-state index contributed by atoms with van der Waals surface area (Å²) in [4.78, 5) is 29.0. The summed E-state index contributed by atoms with van der Waals surface area (Å²) in [5.41, 5.74) is 0. The Morgan fingerprint density at radius 2 is 1.28 bits per heavy atom. The van der Waals surface area contributed by atoms with Gasteiger partial charge in [-0.2, -0.15) is 0 Å². The molecule has 4 nitrogen and oxygen atoms in total. The molecule has 2 saturated carbocycles. The van der Waals surface area contributed by atoms with Gasteiger partial charge in [-0.3, -0.25) is 9.59 Å². The molecule has 2 amide bonds. The summed E-state index contributed by atoms with van der Waals surface area (Å²) < 4.78 is 0. The van der Waals surface area contributed by atoms with Crippen LogP contribution in [0.5, 0.6) is 0 Å². The highest BCUT2D eigenvalue weighted by Crippen LogP contribution is 2.46. The van der Waals surface area contributed by atoms with Crippen LogP contribution >= 0.6 is 0 Å². The highest BCUT2D eigenvalue weighted by Gasteiger charge is 2.44. The molecule has 0 aromatic heterocycles. The summed E-state index contributed by atoms with van der Waals surface area (Å²) in [5.74, 6) is 3.82. The van der Waals surface area contributed by atoms with Crippen LogP contribution in [0.2, 0.25) is 0 Å². The topological polar surface area (TPSA) is 40.6 Å². The van der Waals surface area contributed by atoms with Crippen molar-refractivity contribution in [2.45, 2.75) is 64.7 Å². The Balaban J connectivity index is 1.32. The first-order valence-corrected chi connectivity index (χ1v) is 10.7. The summed E-state index contributed by atoms with van der Waals surface area (Å²) in [6, 6.07) is 0. The number of carbonyl (C=O) groups excluding carboxylic acids is 2. The maximum atomic E-state index is 13.3. The minimum atomic E-state index is 0.213. The molecular weight excluding hydrogens is 312 g/mol. The summed E-state index contributed by atoms with van der Waals surface area (Å²) in [7, 11) is 0. The maximum Gasteiger partial charge on any atom is 0.226 e. The van der Waals surface area contributed by atoms with Crippen molar-refractivity contribution < 1.29 is 9.59 Å². The van der Waals surface area contributed by atoms with E-state index < -0.39 is 0 Å². The Morgan fingerprint density at radius 1 is 0.760 bits per heavy atom. The molecule has 1 atom stereocenters. The molecule has 140 valence electrons. The van der Waals surface area contributed by atoms with Gasteiger partial charge in [-0.25, -0.2) is 0 Å². The zero-order chi connectivity index (χ0) is 17.4. The molecule has 0 aromatic carbocycles. The van der Waals surface area contributed by atoms with Crippen molar-refractivity contribution in [2.75, 3.05) is 26.2 Å². The van der Waals surface area contributed by atoms with E-state index >= 15 is 0 Å². The van der Waals surface area contributed by atoms with E-state index in [9.17, 15) is 9.59 Å². The molecule has 0 radical (unpaired) electrons. The minimum Gasteiger partial charge on any atom is -0.343 e. The molecule has 4 aliphatic rings. The fourth-order valence-electron chi connectivity index (χ4n) is 5.65. The van der Waals surface area contributed by atoms with Gasteiger partial charge in [0.2, 0.25) is 11.8 Å². The van der Waals surface area contributed by atoms with Gasteiger partial charge in [0.1, 0.15) is 0 Å². The predicted octanol–water partition coefficient (Wildman–Crippen LogP) is 3.31. The van der Waals surface area contributed by atoms with Crippen molar-refractivity contribution in [3.63, 3.8) is 0 Å². The van der Waals surface area contributed by atoms with Crippen molar-refractivity contribution in [3.8, 4) is 0 Å². The van der Waals surface area contributed by atoms with E-state index in [-0.39, 0.29) is 5.91 Å². The number of carbonyl (C=O) groups is 2. The molecule has 1 unspecified atom stereocenters. The van der Waals surface area contributed by atoms with E-state index in [1.54, 1.807) is 6.92 Å². The van der Waals surface area contributed by atoms with Crippen LogP contribution in [0.25, 0.3) is 0 Å². The van der Waals surface area contributed by atoms with Crippen LogP contribution in [0.4, 0.5) is 0 Å². The smallest absolute Gasteiger partial charge is 0.226 e. The largest absolute Gasteiger partial charge is 0.343 e. The van der Waals surface area contributed by atoms with Crippen LogP contribution in [-0.4, -0.2) is 47.8 Å². The molecule has 4 heteroatoms. The second-order valence-corrected chi connectivity index (χ2v) is 9.08. The van der Waals surface area contributed by atoms with E-state index in [0.29, 0.717) is 35.5 Å². The van der Waals surface area contributed by atoms with E-state index in [2.05, 4.69) is 4.90 Å². The van der Waals surface area contributed by atoms with Gasteiger partial charge in [0.25, 0.3) is 0 Å². The van der Waals surface area contributed by atoms with E-state index in [1.807, 2.05) is 4.90 Å². The Kier molecular flexibility index (Phi) is 5.06. The predicted molar refractivity (Wildman–Crippen MR) is 97.8 cm³/mol. The van der Waals surface area contributed by atoms with Crippen LogP contribution in [0.15, 0.2) is 0 Å². The van der Waals surface area contributed by atoms with Gasteiger partial charge in [0, 0.05) is 39.0 Å². The van der Waals surface area contributed by atoms with Crippen LogP contribution in [0.1, 0.15) is 64.7 Å². The summed E-state index contributed by atoms with van der Waals surface area (Å²) >= 11 is 0. The molecule has 4 fully saturated rings. The number of piperidine rings is 1. The molecule has 2 saturated heterocycles. The third kappa shape index (κ3) is 3.46. The molecule has 2 heterocycles. The van der Waals surface area contributed by atoms with Gasteiger partial charge < -0.3 is 9.80 Å². The highest BCUT2D eigenvalue weighted by atomic mass is 16.2. The fourth-order valence-corrected chi connectivity index (χ4v) is 5.65. The van der Waals surface area contributed by atoms with Gasteiger partial charge in [0.05, 0.1) is 0 Å². The molecule has 2 aliphatic carbocycles. The molecule has 0 N–H and O–H groups in total. The van der Waals surface area contributed by atoms with Crippen LogP contribution in [0, 0.1) is 29.6 Å². The highest BCUT2D eigenvalue weighted by molar-refractivity contribution is 5.80. The SMILES string of the molecule is CC(=O)N1CCC(C2CCN(C(=O)C(C3CCC3)C3CCC3)C2)CC1. The molecule has 4 rings (SSSR count). The molecular formula is C21H34N2O2. The van der Waals surface area contributed by atoms with Crippen LogP contribution < -0.4 is 0 Å². The van der Waals surface area contributed by atoms with Gasteiger partial charge in [-0.1, -0.05) is 12.8 Å². The first kappa shape index (κ1) is 17.4. The summed E-state index contributed by atoms with van der Waals surface area (Å²) in [6.07, 6.45) is 11.2. The number of amides is 2. The number of hydrogen-bond acceptors (Lipinski definition) is 2. The molecule has 25 heavy (non-hydrogen) atoms. The van der Waals surface area contributed by atoms with E-state index in [4.69, 9.17) is 0 Å². The maximum absolute atomic E-state index is 13.3. The lowest BCUT2D eigenvalue weighted by Crippen LogP contribution is -2.45. The average Bonchev–Trinajstić information content (AvgIpc) is 3.00. The Hall–Kier alpha value is -1.06. The zero-order valence-corrected chi connectivity index (χ0v) is 15.8. The standard InChI is InChI=1S/C21H34N2O2/c1-15(24)22-11-8-16(9-12-22)19-10-13-23(14-19)21(25)20(17-4-2-5-17)18-6-3-7-18/h16-20H,2-14H2,1H3. The lowest BCUT2D eigenvalue weighted by molar-refractivity contribution is -0.141. The van der Waals surface area contributed by atoms with Crippen LogP contribution in [0.3, 0.4) is 0 Å². The molecule has 0 bridgehead atoms. The van der Waals surface area contributed by atoms with Crippen molar-refractivity contribution >= 4 is 11.8 Å². The van der Waals surface area contributed by atoms with Crippen molar-refractivity contribution in [3.05, 3.63) is 0 Å². The lowest BCUT2D eigenvalue weighted by Gasteiger charge is -2.43. The quantitative estimate of drug-likeness (QED) is 0.783. The average molecular weight is 347 g/mol. The van der Waals surface area contributed by atoms with Gasteiger partial charge in [-0.15, -0.1) is 0 Å². The number of nitrogens with zero attached hydrogens (tertiary/aromatic N) is 2. The van der Waals surface area contributed by atoms with E-state index in [1.165, 1.54) is 44.9 Å². The third-order valence-corrected chi connectivity index (χ3v) is 7.79. The number of hydrogen-bond donors (Lipinski definition) is 0. The molecule has 0 aromatic rings. The van der Waals surface area contributed by atoms with Crippen molar-refractivity contribution in [1.82, 2.24) is 9.80 Å². The van der Waals surface area contributed by atoms with Crippen molar-refractivity contribution in [1.29, 1.82) is 0 Å². The Morgan fingerprint density at radius 3 is 1.76 bits per heavy atom. The number of likely N-dealkylation sites (tertiary alicyclic amines) is 2. The second kappa shape index (κ2) is 7.28. The third-order valence-electron chi connectivity index (χ3n) is 7.79. The minimum absolute atomic E-state index is 0.213. The molecule has 2 aliphatic heterocycles. The second-order valence-electron chi connectivity index (χ2n) is 9.08. The number of rotatable bonds is 4. The monoisotopic (exact) mass is 346 g/mol. The van der Waals surface area contributed by atoms with Gasteiger partial charge >= 0.3 is 0 Å². The Bertz CT molecular complexity index is 490. The van der Waals surface area contributed by atoms with Crippen molar-refractivity contribution in [2.24, 2.45) is 29.6 Å². The summed E-state index contributed by atoms with van der Waals surface area (Å²) in [5, 5.41) is 0. The summed E-state index contributed by atoms with van der Waals surface area (Å²) in [6.45, 7) is 5.47. The first-order valence-electron chi connectivity index (χ1n) is 10.7. The van der Waals surface area contributed by atoms with E-state index in [0.717, 1.165) is 39.0 Å². The van der Waals surface area contributed by atoms with Crippen LogP contribution in [-0.2, 0) is 9.59 Å². The molecule has 0 spiro atoms.